The van der Waals surface area contributed by atoms with E-state index in [0.717, 1.165) is 19.6 Å². The van der Waals surface area contributed by atoms with Crippen molar-refractivity contribution < 1.29 is 29.4 Å². The van der Waals surface area contributed by atoms with Crippen molar-refractivity contribution in [1.29, 1.82) is 0 Å². The Morgan fingerprint density at radius 2 is 1.88 bits per heavy atom. The van der Waals surface area contributed by atoms with Crippen LogP contribution in [0.5, 0.6) is 5.75 Å². The molecule has 0 aromatic heterocycles. The maximum Gasteiger partial charge on any atom is 0.290 e. The number of aliphatic hydroxyl groups excluding tert-OH is 1. The van der Waals surface area contributed by atoms with Gasteiger partial charge in [-0.3, -0.25) is 9.59 Å². The van der Waals surface area contributed by atoms with Gasteiger partial charge in [-0.15, -0.1) is 0 Å². The second kappa shape index (κ2) is 7.25. The highest BCUT2D eigenvalue weighted by atomic mass is 16.5. The third-order valence-corrected chi connectivity index (χ3v) is 4.80. The summed E-state index contributed by atoms with van der Waals surface area (Å²) in [5.74, 6) is -1.21. The number of phenols is 1. The van der Waals surface area contributed by atoms with Crippen LogP contribution >= 0.6 is 0 Å². The first-order valence-electron chi connectivity index (χ1n) is 8.44. The highest BCUT2D eigenvalue weighted by Crippen LogP contribution is 2.37. The Balaban J connectivity index is 1.85. The molecule has 2 aliphatic heterocycles. The largest absolute Gasteiger partial charge is 0.508 e. The SMILES string of the molecule is CC(=O)C1=C(O)C(=O)N(CC[NH+]2CCOCC2)[C@H]1c1ccc(O)cc1. The second-order valence-electron chi connectivity index (χ2n) is 6.42. The third-order valence-electron chi connectivity index (χ3n) is 4.80. The molecule has 1 aromatic carbocycles. The lowest BCUT2D eigenvalue weighted by Gasteiger charge is -2.29. The van der Waals surface area contributed by atoms with Gasteiger partial charge in [0.05, 0.1) is 37.9 Å². The molecule has 25 heavy (non-hydrogen) atoms. The molecule has 1 fully saturated rings. The number of aliphatic hydroxyl groups is 1. The molecule has 2 heterocycles. The van der Waals surface area contributed by atoms with E-state index >= 15 is 0 Å². The first kappa shape index (κ1) is 17.4. The number of phenolic OH excluding ortho intramolecular Hbond substituents is 1. The Kier molecular flexibility index (Phi) is 5.06. The lowest BCUT2D eigenvalue weighted by molar-refractivity contribution is -0.907. The van der Waals surface area contributed by atoms with Crippen molar-refractivity contribution in [1.82, 2.24) is 4.90 Å². The van der Waals surface area contributed by atoms with Crippen molar-refractivity contribution in [2.45, 2.75) is 13.0 Å². The van der Waals surface area contributed by atoms with E-state index in [2.05, 4.69) is 0 Å². The van der Waals surface area contributed by atoms with Crippen LogP contribution in [0.15, 0.2) is 35.6 Å². The number of quaternary nitrogens is 1. The minimum Gasteiger partial charge on any atom is -0.508 e. The summed E-state index contributed by atoms with van der Waals surface area (Å²) >= 11 is 0. The number of rotatable bonds is 5. The van der Waals surface area contributed by atoms with Gasteiger partial charge in [-0.1, -0.05) is 12.1 Å². The van der Waals surface area contributed by atoms with Gasteiger partial charge in [0.25, 0.3) is 5.91 Å². The van der Waals surface area contributed by atoms with Crippen LogP contribution in [0.2, 0.25) is 0 Å². The molecule has 3 N–H and O–H groups in total. The van der Waals surface area contributed by atoms with Crippen molar-refractivity contribution in [2.75, 3.05) is 39.4 Å². The predicted octanol–water partition coefficient (Wildman–Crippen LogP) is -0.408. The van der Waals surface area contributed by atoms with Crippen LogP contribution in [0, 0.1) is 0 Å². The fraction of sp³-hybridized carbons (Fsp3) is 0.444. The van der Waals surface area contributed by atoms with Gasteiger partial charge < -0.3 is 24.7 Å². The number of aromatic hydroxyl groups is 1. The Hall–Kier alpha value is -2.38. The summed E-state index contributed by atoms with van der Waals surface area (Å²) in [6, 6.07) is 5.75. The number of nitrogens with one attached hydrogen (secondary N) is 1. The minimum atomic E-state index is -0.619. The molecule has 0 saturated carbocycles. The molecule has 0 radical (unpaired) electrons. The van der Waals surface area contributed by atoms with E-state index in [-0.39, 0.29) is 17.1 Å². The summed E-state index contributed by atoms with van der Waals surface area (Å²) in [5.41, 5.74) is 0.810. The summed E-state index contributed by atoms with van der Waals surface area (Å²) in [5, 5.41) is 19.7. The number of ketones is 1. The maximum absolute atomic E-state index is 12.5. The van der Waals surface area contributed by atoms with Crippen molar-refractivity contribution in [3.63, 3.8) is 0 Å². The normalized spacial score (nSPS) is 21.9. The Morgan fingerprint density at radius 3 is 2.48 bits per heavy atom. The minimum absolute atomic E-state index is 0.106. The molecule has 134 valence electrons. The van der Waals surface area contributed by atoms with Crippen LogP contribution in [-0.2, 0) is 14.3 Å². The molecule has 2 aliphatic rings. The fourth-order valence-corrected chi connectivity index (χ4v) is 3.44. The Morgan fingerprint density at radius 1 is 1.24 bits per heavy atom. The van der Waals surface area contributed by atoms with Gasteiger partial charge in [0, 0.05) is 0 Å². The van der Waals surface area contributed by atoms with Crippen LogP contribution in [0.4, 0.5) is 0 Å². The quantitative estimate of drug-likeness (QED) is 0.674. The van der Waals surface area contributed by atoms with Crippen molar-refractivity contribution in [3.05, 3.63) is 41.2 Å². The molecular formula is C18H23N2O5+. The van der Waals surface area contributed by atoms with E-state index in [4.69, 9.17) is 4.74 Å². The molecule has 1 atom stereocenters. The number of Topliss-reactive ketones (excluding diaryl/α,β-unsaturated/α-hetero) is 1. The average Bonchev–Trinajstić information content (AvgIpc) is 2.86. The molecule has 1 amide bonds. The number of hydrogen-bond acceptors (Lipinski definition) is 5. The number of amides is 1. The molecule has 7 heteroatoms. The van der Waals surface area contributed by atoms with E-state index in [1.807, 2.05) is 0 Å². The first-order chi connectivity index (χ1) is 12.0. The van der Waals surface area contributed by atoms with Crippen LogP contribution in [0.25, 0.3) is 0 Å². The molecule has 0 aliphatic carbocycles. The van der Waals surface area contributed by atoms with Gasteiger partial charge in [0.2, 0.25) is 0 Å². The third kappa shape index (κ3) is 3.52. The molecule has 0 unspecified atom stereocenters. The number of morpholine rings is 1. The van der Waals surface area contributed by atoms with Crippen LogP contribution in [0.1, 0.15) is 18.5 Å². The lowest BCUT2D eigenvalue weighted by atomic mass is 9.96. The van der Waals surface area contributed by atoms with E-state index < -0.39 is 17.7 Å². The standard InChI is InChI=1S/C18H22N2O5/c1-12(21)15-16(13-2-4-14(22)5-3-13)20(18(24)17(15)23)7-6-19-8-10-25-11-9-19/h2-5,16,22-23H,6-11H2,1H3/p+1/t16-/m0/s1. The highest BCUT2D eigenvalue weighted by molar-refractivity contribution is 6.08. The Bertz CT molecular complexity index is 692. The monoisotopic (exact) mass is 347 g/mol. The molecular weight excluding hydrogens is 324 g/mol. The molecule has 7 nitrogen and oxygen atoms in total. The molecule has 3 rings (SSSR count). The van der Waals surface area contributed by atoms with Crippen LogP contribution in [0.3, 0.4) is 0 Å². The second-order valence-corrected chi connectivity index (χ2v) is 6.42. The highest BCUT2D eigenvalue weighted by Gasteiger charge is 2.42. The topological polar surface area (TPSA) is 91.5 Å². The van der Waals surface area contributed by atoms with Crippen LogP contribution < -0.4 is 4.90 Å². The van der Waals surface area contributed by atoms with E-state index in [1.54, 1.807) is 17.0 Å². The van der Waals surface area contributed by atoms with Gasteiger partial charge in [-0.25, -0.2) is 0 Å². The fourth-order valence-electron chi connectivity index (χ4n) is 3.44. The van der Waals surface area contributed by atoms with Gasteiger partial charge >= 0.3 is 0 Å². The van der Waals surface area contributed by atoms with Gasteiger partial charge in [0.15, 0.2) is 11.5 Å². The molecule has 0 bridgehead atoms. The maximum atomic E-state index is 12.5. The number of carbonyl (C=O) groups excluding carboxylic acids is 2. The summed E-state index contributed by atoms with van der Waals surface area (Å²) in [7, 11) is 0. The zero-order chi connectivity index (χ0) is 18.0. The van der Waals surface area contributed by atoms with Gasteiger partial charge in [0.1, 0.15) is 18.8 Å². The number of nitrogens with zero attached hydrogens (tertiary/aromatic N) is 1. The summed E-state index contributed by atoms with van der Waals surface area (Å²) in [6.07, 6.45) is 0. The van der Waals surface area contributed by atoms with Crippen molar-refractivity contribution in [3.8, 4) is 5.75 Å². The predicted molar refractivity (Wildman–Crippen MR) is 89.3 cm³/mol. The molecule has 0 spiro atoms. The van der Waals surface area contributed by atoms with E-state index in [1.165, 1.54) is 24.0 Å². The number of benzene rings is 1. The van der Waals surface area contributed by atoms with Crippen LogP contribution in [-0.4, -0.2) is 66.2 Å². The number of ether oxygens (including phenoxy) is 1. The van der Waals surface area contributed by atoms with Gasteiger partial charge in [-0.05, 0) is 24.6 Å². The smallest absolute Gasteiger partial charge is 0.290 e. The zero-order valence-electron chi connectivity index (χ0n) is 14.2. The summed E-state index contributed by atoms with van der Waals surface area (Å²) in [6.45, 7) is 5.67. The average molecular weight is 347 g/mol. The molecule has 1 saturated heterocycles. The lowest BCUT2D eigenvalue weighted by Crippen LogP contribution is -3.14. The van der Waals surface area contributed by atoms with Crippen molar-refractivity contribution >= 4 is 11.7 Å². The van der Waals surface area contributed by atoms with Crippen molar-refractivity contribution in [2.24, 2.45) is 0 Å². The first-order valence-corrected chi connectivity index (χ1v) is 8.44. The number of hydrogen-bond donors (Lipinski definition) is 3. The van der Waals surface area contributed by atoms with E-state index in [0.29, 0.717) is 25.3 Å². The Labute approximate surface area is 146 Å². The van der Waals surface area contributed by atoms with Gasteiger partial charge in [-0.2, -0.15) is 0 Å². The van der Waals surface area contributed by atoms with E-state index in [9.17, 15) is 19.8 Å². The number of carbonyl (C=O) groups is 2. The summed E-state index contributed by atoms with van der Waals surface area (Å²) in [4.78, 5) is 27.4. The zero-order valence-corrected chi connectivity index (χ0v) is 14.2. The molecule has 1 aromatic rings. The summed E-state index contributed by atoms with van der Waals surface area (Å²) < 4.78 is 5.34.